The first-order valence-corrected chi connectivity index (χ1v) is 11.7. The van der Waals surface area contributed by atoms with Gasteiger partial charge < -0.3 is 20.4 Å². The van der Waals surface area contributed by atoms with Crippen LogP contribution in [0.4, 0.5) is 10.5 Å². The minimum absolute atomic E-state index is 0.223. The molecule has 3 N–H and O–H groups in total. The van der Waals surface area contributed by atoms with Crippen LogP contribution in [0, 0.1) is 5.41 Å². The van der Waals surface area contributed by atoms with Gasteiger partial charge >= 0.3 is 6.03 Å². The van der Waals surface area contributed by atoms with E-state index in [9.17, 15) is 9.59 Å². The monoisotopic (exact) mass is 489 g/mol. The van der Waals surface area contributed by atoms with Gasteiger partial charge in [0.1, 0.15) is 11.9 Å². The number of halogens is 1. The summed E-state index contributed by atoms with van der Waals surface area (Å²) in [6.45, 7) is 0.640. The van der Waals surface area contributed by atoms with Crippen LogP contribution in [0.1, 0.15) is 22.3 Å². The number of hydrogen-bond donors (Lipinski definition) is 3. The fraction of sp³-hybridized carbons (Fsp3) is 0.222. The minimum Gasteiger partial charge on any atom is -0.363 e. The van der Waals surface area contributed by atoms with E-state index >= 15 is 0 Å². The molecule has 7 nitrogen and oxygen atoms in total. The lowest BCUT2D eigenvalue weighted by Gasteiger charge is -2.36. The average molecular weight is 490 g/mol. The number of nitrogens with one attached hydrogen (secondary N) is 3. The van der Waals surface area contributed by atoms with Crippen molar-refractivity contribution in [1.82, 2.24) is 15.1 Å². The summed E-state index contributed by atoms with van der Waals surface area (Å²) >= 11 is 5.96. The van der Waals surface area contributed by atoms with Gasteiger partial charge in [0, 0.05) is 49.9 Å². The first-order chi connectivity index (χ1) is 16.8. The molecule has 1 atom stereocenters. The standard InChI is InChI=1S/C27H28ClN5O2/c1-32(2)25(29)20-9-5-6-18(14-20)16-30-26(34)24-15-19-7-3-4-8-21(19)17-33(24)27(35)31-23-12-10-22(28)11-13-23/h3-14,24,29H,15-17H2,1-2H3,(H,30,34)(H,31,35). The molecule has 1 heterocycles. The van der Waals surface area contributed by atoms with Crippen molar-refractivity contribution in [2.24, 2.45) is 0 Å². The highest BCUT2D eigenvalue weighted by Gasteiger charge is 2.34. The van der Waals surface area contributed by atoms with Crippen molar-refractivity contribution >= 4 is 35.1 Å². The molecule has 0 spiro atoms. The topological polar surface area (TPSA) is 88.5 Å². The van der Waals surface area contributed by atoms with E-state index < -0.39 is 6.04 Å². The van der Waals surface area contributed by atoms with Crippen LogP contribution in [0.5, 0.6) is 0 Å². The largest absolute Gasteiger partial charge is 0.363 e. The molecule has 3 aromatic rings. The van der Waals surface area contributed by atoms with Gasteiger partial charge in [0.15, 0.2) is 0 Å². The molecule has 4 rings (SSSR count). The van der Waals surface area contributed by atoms with Crippen LogP contribution in [-0.2, 0) is 24.3 Å². The maximum absolute atomic E-state index is 13.3. The molecular weight excluding hydrogens is 462 g/mol. The van der Waals surface area contributed by atoms with Crippen molar-refractivity contribution in [2.45, 2.75) is 25.6 Å². The van der Waals surface area contributed by atoms with Gasteiger partial charge in [0.25, 0.3) is 0 Å². The molecule has 1 unspecified atom stereocenters. The van der Waals surface area contributed by atoms with E-state index in [-0.39, 0.29) is 11.9 Å². The van der Waals surface area contributed by atoms with E-state index in [1.807, 2.05) is 62.6 Å². The van der Waals surface area contributed by atoms with Crippen LogP contribution in [0.15, 0.2) is 72.8 Å². The Kier molecular flexibility index (Phi) is 7.36. The van der Waals surface area contributed by atoms with Gasteiger partial charge in [-0.25, -0.2) is 4.79 Å². The summed E-state index contributed by atoms with van der Waals surface area (Å²) in [7, 11) is 3.64. The first-order valence-electron chi connectivity index (χ1n) is 11.3. The molecule has 1 aliphatic rings. The lowest BCUT2D eigenvalue weighted by molar-refractivity contribution is -0.126. The lowest BCUT2D eigenvalue weighted by atomic mass is 9.93. The van der Waals surface area contributed by atoms with Gasteiger partial charge in [0.05, 0.1) is 0 Å². The average Bonchev–Trinajstić information content (AvgIpc) is 2.87. The molecule has 0 aliphatic carbocycles. The van der Waals surface area contributed by atoms with E-state index in [4.69, 9.17) is 17.0 Å². The number of rotatable bonds is 5. The van der Waals surface area contributed by atoms with Crippen LogP contribution >= 0.6 is 11.6 Å². The second kappa shape index (κ2) is 10.6. The smallest absolute Gasteiger partial charge is 0.322 e. The van der Waals surface area contributed by atoms with Crippen LogP contribution < -0.4 is 10.6 Å². The van der Waals surface area contributed by atoms with Crippen LogP contribution in [0.25, 0.3) is 0 Å². The number of benzene rings is 3. The van der Waals surface area contributed by atoms with Crippen LogP contribution in [0.3, 0.4) is 0 Å². The summed E-state index contributed by atoms with van der Waals surface area (Å²) in [6, 6.07) is 21.3. The summed E-state index contributed by atoms with van der Waals surface area (Å²) in [5.74, 6) is 0.172. The van der Waals surface area contributed by atoms with Crippen molar-refractivity contribution in [3.8, 4) is 0 Å². The van der Waals surface area contributed by atoms with Crippen molar-refractivity contribution < 1.29 is 9.59 Å². The third-order valence-electron chi connectivity index (χ3n) is 6.02. The quantitative estimate of drug-likeness (QED) is 0.364. The molecule has 8 heteroatoms. The van der Waals surface area contributed by atoms with Gasteiger partial charge in [0.2, 0.25) is 5.91 Å². The summed E-state index contributed by atoms with van der Waals surface area (Å²) in [4.78, 5) is 29.8. The third-order valence-corrected chi connectivity index (χ3v) is 6.27. The number of hydrogen-bond acceptors (Lipinski definition) is 3. The fourth-order valence-electron chi connectivity index (χ4n) is 4.09. The summed E-state index contributed by atoms with van der Waals surface area (Å²) < 4.78 is 0. The van der Waals surface area contributed by atoms with Crippen molar-refractivity contribution in [3.63, 3.8) is 0 Å². The van der Waals surface area contributed by atoms with Gasteiger partial charge in [-0.2, -0.15) is 0 Å². The van der Waals surface area contributed by atoms with E-state index in [1.165, 1.54) is 0 Å². The second-order valence-electron chi connectivity index (χ2n) is 8.71. The van der Waals surface area contributed by atoms with Gasteiger partial charge in [-0.15, -0.1) is 0 Å². The fourth-order valence-corrected chi connectivity index (χ4v) is 4.22. The highest BCUT2D eigenvalue weighted by atomic mass is 35.5. The van der Waals surface area contributed by atoms with Crippen LogP contribution in [0.2, 0.25) is 5.02 Å². The predicted octanol–water partition coefficient (Wildman–Crippen LogP) is 4.50. The van der Waals surface area contributed by atoms with Gasteiger partial charge in [-0.3, -0.25) is 10.2 Å². The highest BCUT2D eigenvalue weighted by molar-refractivity contribution is 6.30. The van der Waals surface area contributed by atoms with Crippen molar-refractivity contribution in [1.29, 1.82) is 5.41 Å². The summed E-state index contributed by atoms with van der Waals surface area (Å²) in [5, 5.41) is 14.6. The Morgan fingerprint density at radius 2 is 1.74 bits per heavy atom. The molecule has 3 aromatic carbocycles. The molecule has 0 saturated carbocycles. The molecule has 0 saturated heterocycles. The van der Waals surface area contributed by atoms with E-state index in [2.05, 4.69) is 10.6 Å². The molecule has 180 valence electrons. The normalized spacial score (nSPS) is 14.6. The SMILES string of the molecule is CN(C)C(=N)c1cccc(CNC(=O)C2Cc3ccccc3CN2C(=O)Nc2ccc(Cl)cc2)c1. The van der Waals surface area contributed by atoms with Crippen LogP contribution in [-0.4, -0.2) is 47.7 Å². The Hall–Kier alpha value is -3.84. The van der Waals surface area contributed by atoms with E-state index in [1.54, 1.807) is 34.1 Å². The van der Waals surface area contributed by atoms with E-state index in [0.29, 0.717) is 36.1 Å². The first kappa shape index (κ1) is 24.3. The Morgan fingerprint density at radius 1 is 1.03 bits per heavy atom. The van der Waals surface area contributed by atoms with E-state index in [0.717, 1.165) is 22.3 Å². The number of anilines is 1. The summed E-state index contributed by atoms with van der Waals surface area (Å²) in [6.07, 6.45) is 0.432. The van der Waals surface area contributed by atoms with Crippen molar-refractivity contribution in [2.75, 3.05) is 19.4 Å². The highest BCUT2D eigenvalue weighted by Crippen LogP contribution is 2.25. The van der Waals surface area contributed by atoms with Gasteiger partial charge in [-0.1, -0.05) is 54.1 Å². The Morgan fingerprint density at radius 3 is 2.46 bits per heavy atom. The number of urea groups is 1. The zero-order valence-electron chi connectivity index (χ0n) is 19.7. The second-order valence-corrected chi connectivity index (χ2v) is 9.15. The number of carbonyl (C=O) groups is 2. The lowest BCUT2D eigenvalue weighted by Crippen LogP contribution is -2.53. The molecule has 0 bridgehead atoms. The van der Waals surface area contributed by atoms with Gasteiger partial charge in [-0.05, 0) is 47.0 Å². The Bertz CT molecular complexity index is 1240. The number of carbonyl (C=O) groups excluding carboxylic acids is 2. The molecule has 35 heavy (non-hydrogen) atoms. The molecule has 0 aromatic heterocycles. The Labute approximate surface area is 210 Å². The molecular formula is C27H28ClN5O2. The third kappa shape index (κ3) is 5.81. The number of amidine groups is 1. The maximum Gasteiger partial charge on any atom is 0.322 e. The van der Waals surface area contributed by atoms with Crippen molar-refractivity contribution in [3.05, 3.63) is 100 Å². The predicted molar refractivity (Wildman–Crippen MR) is 139 cm³/mol. The molecule has 1 aliphatic heterocycles. The molecule has 3 amide bonds. The molecule has 0 fully saturated rings. The zero-order valence-corrected chi connectivity index (χ0v) is 20.5. The number of nitrogens with zero attached hydrogens (tertiary/aromatic N) is 2. The summed E-state index contributed by atoms with van der Waals surface area (Å²) in [5.41, 5.74) is 4.35. The minimum atomic E-state index is -0.652. The Balaban J connectivity index is 1.50. The number of fused-ring (bicyclic) bond motifs is 1. The zero-order chi connectivity index (χ0) is 24.9. The number of amides is 3. The molecule has 0 radical (unpaired) electrons. The maximum atomic E-state index is 13.3.